The number of fused-ring (bicyclic) bond motifs is 14. The fourth-order valence-electron chi connectivity index (χ4n) is 11.6. The normalized spacial score (nSPS) is 12.7. The molecule has 0 bridgehead atoms. The zero-order valence-corrected chi connectivity index (χ0v) is 36.2. The first-order valence-electron chi connectivity index (χ1n) is 23.0. The average Bonchev–Trinajstić information content (AvgIpc) is 3.92. The summed E-state index contributed by atoms with van der Waals surface area (Å²) in [6.45, 7) is -0.229. The fraction of sp³-hybridized carbons (Fsp3) is 0. The number of aromatic nitrogens is 2. The van der Waals surface area contributed by atoms with Crippen LogP contribution in [0.4, 0.5) is 0 Å². The Balaban J connectivity index is 1.12. The topological polar surface area (TPSA) is 28.3 Å². The van der Waals surface area contributed by atoms with Crippen molar-refractivity contribution < 1.29 is 9.47 Å². The molecule has 5 heteroatoms. The highest BCUT2D eigenvalue weighted by Crippen LogP contribution is 2.52. The van der Waals surface area contributed by atoms with Crippen LogP contribution in [-0.4, -0.2) is 15.8 Å². The van der Waals surface area contributed by atoms with Gasteiger partial charge >= 0.3 is 0 Å². The summed E-state index contributed by atoms with van der Waals surface area (Å²) >= 11 is 0. The maximum atomic E-state index is 7.74. The molecule has 0 atom stereocenters. The SMILES string of the molecule is c1ccc(-n2c3ccccc3c3c4c(ccc32)B2c3ccc5c(c3Oc3c(-c6cccc7ccccc67)cc(-c6cccc7ccccc67)c(c32)O4)c2ccccc2n5-c2ccccc2)cc1. The Hall–Kier alpha value is -8.80. The first kappa shape index (κ1) is 36.5. The summed E-state index contributed by atoms with van der Waals surface area (Å²) in [5, 5.41) is 9.18. The molecule has 4 nitrogen and oxygen atoms in total. The van der Waals surface area contributed by atoms with E-state index in [9.17, 15) is 0 Å². The van der Waals surface area contributed by atoms with Crippen LogP contribution < -0.4 is 25.9 Å². The molecule has 0 spiro atoms. The Labute approximate surface area is 386 Å². The quantitative estimate of drug-likeness (QED) is 0.165. The molecule has 0 aliphatic carbocycles. The second-order valence-electron chi connectivity index (χ2n) is 17.9. The van der Waals surface area contributed by atoms with Gasteiger partial charge in [0.1, 0.15) is 23.0 Å². The van der Waals surface area contributed by atoms with Crippen LogP contribution in [0.15, 0.2) is 224 Å². The molecule has 0 fully saturated rings. The summed E-state index contributed by atoms with van der Waals surface area (Å²) < 4.78 is 20.2. The molecule has 0 amide bonds. The van der Waals surface area contributed by atoms with E-state index in [0.717, 1.165) is 117 Å². The zero-order chi connectivity index (χ0) is 43.7. The summed E-state index contributed by atoms with van der Waals surface area (Å²) in [5.74, 6) is 3.42. The number of benzene rings is 11. The Kier molecular flexibility index (Phi) is 7.55. The molecule has 15 rings (SSSR count). The Bertz CT molecular complexity index is 3950. The maximum Gasteiger partial charge on any atom is 0.260 e. The molecule has 2 aliphatic heterocycles. The fourth-order valence-corrected chi connectivity index (χ4v) is 11.6. The highest BCUT2D eigenvalue weighted by molar-refractivity contribution is 6.99. The van der Waals surface area contributed by atoms with Gasteiger partial charge in [-0.1, -0.05) is 170 Å². The van der Waals surface area contributed by atoms with E-state index >= 15 is 0 Å². The van der Waals surface area contributed by atoms with Gasteiger partial charge in [-0.15, -0.1) is 0 Å². The van der Waals surface area contributed by atoms with Crippen LogP contribution in [0.25, 0.3) is 98.8 Å². The molecule has 13 aromatic rings. The molecule has 0 N–H and O–H groups in total. The molecule has 2 aromatic heterocycles. The predicted octanol–water partition coefficient (Wildman–Crippen LogP) is 14.2. The van der Waals surface area contributed by atoms with Crippen molar-refractivity contribution in [3.05, 3.63) is 224 Å². The third-order valence-corrected chi connectivity index (χ3v) is 14.4. The van der Waals surface area contributed by atoms with E-state index in [4.69, 9.17) is 9.47 Å². The molecule has 0 unspecified atom stereocenters. The molecule has 11 aromatic carbocycles. The highest BCUT2D eigenvalue weighted by atomic mass is 16.5. The molecule has 67 heavy (non-hydrogen) atoms. The molecular formula is C62H37BN2O2. The maximum absolute atomic E-state index is 7.74. The minimum absolute atomic E-state index is 0.229. The second-order valence-corrected chi connectivity index (χ2v) is 17.9. The monoisotopic (exact) mass is 852 g/mol. The summed E-state index contributed by atoms with van der Waals surface area (Å²) in [6.07, 6.45) is 0. The van der Waals surface area contributed by atoms with Gasteiger partial charge in [-0.2, -0.15) is 0 Å². The molecule has 2 aliphatic rings. The van der Waals surface area contributed by atoms with Crippen LogP contribution in [0.2, 0.25) is 0 Å². The van der Waals surface area contributed by atoms with Gasteiger partial charge in [0, 0.05) is 38.7 Å². The third-order valence-electron chi connectivity index (χ3n) is 14.4. The zero-order valence-electron chi connectivity index (χ0n) is 36.2. The van der Waals surface area contributed by atoms with Crippen LogP contribution in [0, 0.1) is 0 Å². The van der Waals surface area contributed by atoms with Gasteiger partial charge < -0.3 is 18.6 Å². The number of ether oxygens (including phenoxy) is 2. The lowest BCUT2D eigenvalue weighted by atomic mass is 9.34. The van der Waals surface area contributed by atoms with Crippen LogP contribution in [0.3, 0.4) is 0 Å². The van der Waals surface area contributed by atoms with Crippen molar-refractivity contribution in [2.24, 2.45) is 0 Å². The van der Waals surface area contributed by atoms with E-state index in [2.05, 4.69) is 234 Å². The van der Waals surface area contributed by atoms with Gasteiger partial charge in [0.15, 0.2) is 0 Å². The molecule has 310 valence electrons. The number of rotatable bonds is 4. The van der Waals surface area contributed by atoms with Crippen molar-refractivity contribution in [1.29, 1.82) is 0 Å². The van der Waals surface area contributed by atoms with Gasteiger partial charge in [0.25, 0.3) is 6.71 Å². The smallest absolute Gasteiger partial charge is 0.260 e. The first-order chi connectivity index (χ1) is 33.3. The minimum Gasteiger partial charge on any atom is -0.457 e. The molecule has 0 saturated carbocycles. The largest absolute Gasteiger partial charge is 0.457 e. The standard InChI is InChI=1S/C62H37BN2O2/c1-3-21-40(22-4-1)64-52-31-13-11-27-46(52)56-54(64)35-33-50-61(56)66-59-48(44-29-15-19-38-17-7-9-25-42(38)44)37-49(45-30-16-20-39-18-8-10-26-43(39)45)60-58(59)63(50)51-34-36-55-57(62(51)67-60)47-28-12-14-32-53(47)65(55)41-23-5-2-6-24-41/h1-37H. The Morgan fingerprint density at radius 3 is 1.18 bits per heavy atom. The molecule has 0 saturated heterocycles. The number of hydrogen-bond donors (Lipinski definition) is 0. The van der Waals surface area contributed by atoms with Crippen molar-refractivity contribution >= 4 is 88.3 Å². The van der Waals surface area contributed by atoms with E-state index in [1.165, 1.54) is 21.5 Å². The average molecular weight is 853 g/mol. The predicted molar refractivity (Wildman–Crippen MR) is 279 cm³/mol. The minimum atomic E-state index is -0.229. The van der Waals surface area contributed by atoms with Gasteiger partial charge in [0.2, 0.25) is 0 Å². The lowest BCUT2D eigenvalue weighted by Crippen LogP contribution is -2.57. The van der Waals surface area contributed by atoms with Gasteiger partial charge in [-0.25, -0.2) is 0 Å². The molecule has 0 radical (unpaired) electrons. The summed E-state index contributed by atoms with van der Waals surface area (Å²) in [5.41, 5.74) is 14.3. The van der Waals surface area contributed by atoms with Crippen molar-refractivity contribution in [2.75, 3.05) is 0 Å². The number of para-hydroxylation sites is 4. The number of nitrogens with zero attached hydrogens (tertiary/aromatic N) is 2. The molecule has 4 heterocycles. The Morgan fingerprint density at radius 1 is 0.299 bits per heavy atom. The second kappa shape index (κ2) is 13.9. The van der Waals surface area contributed by atoms with E-state index < -0.39 is 0 Å². The van der Waals surface area contributed by atoms with E-state index in [1.807, 2.05) is 0 Å². The van der Waals surface area contributed by atoms with Crippen molar-refractivity contribution in [3.8, 4) is 56.6 Å². The third kappa shape index (κ3) is 5.08. The summed E-state index contributed by atoms with van der Waals surface area (Å²) in [4.78, 5) is 0. The van der Waals surface area contributed by atoms with E-state index in [-0.39, 0.29) is 6.71 Å². The van der Waals surface area contributed by atoms with Gasteiger partial charge in [-0.3, -0.25) is 0 Å². The lowest BCUT2D eigenvalue weighted by molar-refractivity contribution is 0.472. The van der Waals surface area contributed by atoms with E-state index in [1.54, 1.807) is 0 Å². The van der Waals surface area contributed by atoms with Crippen LogP contribution in [-0.2, 0) is 0 Å². The highest BCUT2D eigenvalue weighted by Gasteiger charge is 2.45. The van der Waals surface area contributed by atoms with Crippen LogP contribution >= 0.6 is 0 Å². The first-order valence-corrected chi connectivity index (χ1v) is 23.0. The van der Waals surface area contributed by atoms with Crippen molar-refractivity contribution in [3.63, 3.8) is 0 Å². The summed E-state index contributed by atoms with van der Waals surface area (Å²) in [6, 6.07) is 81.1. The van der Waals surface area contributed by atoms with Gasteiger partial charge in [0.05, 0.1) is 32.8 Å². The van der Waals surface area contributed by atoms with E-state index in [0.29, 0.717) is 0 Å². The number of hydrogen-bond acceptors (Lipinski definition) is 2. The van der Waals surface area contributed by atoms with Crippen LogP contribution in [0.5, 0.6) is 23.0 Å². The van der Waals surface area contributed by atoms with Crippen LogP contribution in [0.1, 0.15) is 0 Å². The van der Waals surface area contributed by atoms with Crippen molar-refractivity contribution in [1.82, 2.24) is 9.13 Å². The Morgan fingerprint density at radius 2 is 0.701 bits per heavy atom. The summed E-state index contributed by atoms with van der Waals surface area (Å²) in [7, 11) is 0. The lowest BCUT2D eigenvalue weighted by Gasteiger charge is -2.36. The van der Waals surface area contributed by atoms with Gasteiger partial charge in [-0.05, 0) is 98.2 Å². The molecular weight excluding hydrogens is 816 g/mol. The van der Waals surface area contributed by atoms with Crippen molar-refractivity contribution in [2.45, 2.75) is 0 Å².